The van der Waals surface area contributed by atoms with Crippen molar-refractivity contribution < 1.29 is 4.79 Å². The number of carbonyl (C=O) groups excluding carboxylic acids is 1. The lowest BCUT2D eigenvalue weighted by Gasteiger charge is -2.20. The maximum absolute atomic E-state index is 12.2. The fourth-order valence-electron chi connectivity index (χ4n) is 1.67. The molecular formula is C12H15N5O. The van der Waals surface area contributed by atoms with Gasteiger partial charge in [-0.05, 0) is 24.6 Å². The van der Waals surface area contributed by atoms with Gasteiger partial charge in [0.1, 0.15) is 11.4 Å². The molecule has 2 aromatic heterocycles. The molecule has 0 atom stereocenters. The largest absolute Gasteiger partial charge is 0.383 e. The average Bonchev–Trinajstić information content (AvgIpc) is 2.82. The molecule has 0 unspecified atom stereocenters. The van der Waals surface area contributed by atoms with Crippen molar-refractivity contribution in [3.8, 4) is 0 Å². The van der Waals surface area contributed by atoms with Gasteiger partial charge in [0.15, 0.2) is 0 Å². The van der Waals surface area contributed by atoms with E-state index in [0.717, 1.165) is 5.56 Å². The molecule has 0 saturated carbocycles. The number of nitrogen functional groups attached to an aromatic ring is 1. The summed E-state index contributed by atoms with van der Waals surface area (Å²) in [5.41, 5.74) is 7.09. The molecule has 2 rings (SSSR count). The molecule has 6 nitrogen and oxygen atoms in total. The molecule has 0 aliphatic carbocycles. The van der Waals surface area contributed by atoms with Gasteiger partial charge in [-0.1, -0.05) is 0 Å². The lowest BCUT2D eigenvalue weighted by molar-refractivity contribution is 0.0753. The van der Waals surface area contributed by atoms with Crippen LogP contribution in [-0.2, 0) is 6.54 Å². The Labute approximate surface area is 105 Å². The van der Waals surface area contributed by atoms with Crippen LogP contribution in [-0.4, -0.2) is 32.5 Å². The highest BCUT2D eigenvalue weighted by Gasteiger charge is 2.18. The molecule has 1 amide bonds. The molecule has 0 aliphatic heterocycles. The van der Waals surface area contributed by atoms with Crippen molar-refractivity contribution in [2.45, 2.75) is 13.5 Å². The van der Waals surface area contributed by atoms with Crippen LogP contribution < -0.4 is 5.73 Å². The molecule has 2 aromatic rings. The quantitative estimate of drug-likeness (QED) is 0.842. The van der Waals surface area contributed by atoms with Gasteiger partial charge in [-0.2, -0.15) is 5.10 Å². The first-order chi connectivity index (χ1) is 8.72. The number of pyridine rings is 1. The topological polar surface area (TPSA) is 87.9 Å². The molecule has 6 heteroatoms. The number of rotatable bonds is 4. The van der Waals surface area contributed by atoms with E-state index in [2.05, 4.69) is 15.2 Å². The minimum atomic E-state index is -0.124. The van der Waals surface area contributed by atoms with E-state index in [1.165, 1.54) is 6.20 Å². The Kier molecular flexibility index (Phi) is 3.57. The summed E-state index contributed by atoms with van der Waals surface area (Å²) in [5.74, 6) is 0.175. The van der Waals surface area contributed by atoms with Crippen molar-refractivity contribution in [2.24, 2.45) is 0 Å². The SMILES string of the molecule is CCN(Cc1ccncc1)C(=O)c1cn[nH]c1N. The highest BCUT2D eigenvalue weighted by molar-refractivity contribution is 5.98. The summed E-state index contributed by atoms with van der Waals surface area (Å²) < 4.78 is 0. The normalized spacial score (nSPS) is 10.3. The number of anilines is 1. The zero-order valence-electron chi connectivity index (χ0n) is 10.1. The lowest BCUT2D eigenvalue weighted by atomic mass is 10.2. The summed E-state index contributed by atoms with van der Waals surface area (Å²) in [4.78, 5) is 17.9. The molecular weight excluding hydrogens is 230 g/mol. The number of nitrogens with one attached hydrogen (secondary N) is 1. The first-order valence-electron chi connectivity index (χ1n) is 5.69. The minimum Gasteiger partial charge on any atom is -0.383 e. The third-order valence-electron chi connectivity index (χ3n) is 2.69. The molecule has 0 aromatic carbocycles. The number of nitrogens with zero attached hydrogens (tertiary/aromatic N) is 3. The Morgan fingerprint density at radius 1 is 1.44 bits per heavy atom. The van der Waals surface area contributed by atoms with Crippen LogP contribution >= 0.6 is 0 Å². The monoisotopic (exact) mass is 245 g/mol. The Hall–Kier alpha value is -2.37. The number of hydrogen-bond donors (Lipinski definition) is 2. The van der Waals surface area contributed by atoms with E-state index >= 15 is 0 Å². The smallest absolute Gasteiger partial charge is 0.259 e. The number of amides is 1. The Balaban J connectivity index is 2.15. The first kappa shape index (κ1) is 12.1. The van der Waals surface area contributed by atoms with Gasteiger partial charge < -0.3 is 10.6 Å². The summed E-state index contributed by atoms with van der Waals surface area (Å²) in [6.45, 7) is 3.06. The Morgan fingerprint density at radius 2 is 2.17 bits per heavy atom. The van der Waals surface area contributed by atoms with E-state index in [9.17, 15) is 4.79 Å². The fourth-order valence-corrected chi connectivity index (χ4v) is 1.67. The summed E-state index contributed by atoms with van der Waals surface area (Å²) in [6.07, 6.45) is 4.87. The van der Waals surface area contributed by atoms with Crippen LogP contribution in [0.2, 0.25) is 0 Å². The van der Waals surface area contributed by atoms with Gasteiger partial charge >= 0.3 is 0 Å². The van der Waals surface area contributed by atoms with E-state index in [-0.39, 0.29) is 5.91 Å². The van der Waals surface area contributed by atoms with Crippen LogP contribution in [0.15, 0.2) is 30.7 Å². The van der Waals surface area contributed by atoms with Gasteiger partial charge in [0.25, 0.3) is 5.91 Å². The van der Waals surface area contributed by atoms with Crippen molar-refractivity contribution in [3.05, 3.63) is 41.9 Å². The molecule has 3 N–H and O–H groups in total. The number of H-pyrrole nitrogens is 1. The molecule has 94 valence electrons. The molecule has 0 aliphatic rings. The maximum Gasteiger partial charge on any atom is 0.259 e. The van der Waals surface area contributed by atoms with Crippen molar-refractivity contribution in [3.63, 3.8) is 0 Å². The zero-order chi connectivity index (χ0) is 13.0. The predicted molar refractivity (Wildman–Crippen MR) is 67.7 cm³/mol. The van der Waals surface area contributed by atoms with E-state index in [1.54, 1.807) is 17.3 Å². The van der Waals surface area contributed by atoms with Crippen LogP contribution in [0.5, 0.6) is 0 Å². The van der Waals surface area contributed by atoms with E-state index in [0.29, 0.717) is 24.5 Å². The van der Waals surface area contributed by atoms with Crippen LogP contribution in [0.1, 0.15) is 22.8 Å². The maximum atomic E-state index is 12.2. The van der Waals surface area contributed by atoms with E-state index in [4.69, 9.17) is 5.73 Å². The molecule has 0 bridgehead atoms. The predicted octanol–water partition coefficient (Wildman–Crippen LogP) is 1.05. The van der Waals surface area contributed by atoms with Crippen LogP contribution in [0.3, 0.4) is 0 Å². The second-order valence-electron chi connectivity index (χ2n) is 3.87. The second-order valence-corrected chi connectivity index (χ2v) is 3.87. The van der Waals surface area contributed by atoms with Gasteiger partial charge in [-0.25, -0.2) is 0 Å². The highest BCUT2D eigenvalue weighted by atomic mass is 16.2. The number of hydrogen-bond acceptors (Lipinski definition) is 4. The second kappa shape index (κ2) is 5.31. The molecule has 0 spiro atoms. The Morgan fingerprint density at radius 3 is 2.72 bits per heavy atom. The number of nitrogens with two attached hydrogens (primary N) is 1. The van der Waals surface area contributed by atoms with Crippen LogP contribution in [0, 0.1) is 0 Å². The molecule has 18 heavy (non-hydrogen) atoms. The van der Waals surface area contributed by atoms with Gasteiger partial charge in [0.2, 0.25) is 0 Å². The molecule has 2 heterocycles. The van der Waals surface area contributed by atoms with Gasteiger partial charge in [-0.3, -0.25) is 14.9 Å². The number of aromatic amines is 1. The molecule has 0 fully saturated rings. The summed E-state index contributed by atoms with van der Waals surface area (Å²) in [7, 11) is 0. The van der Waals surface area contributed by atoms with Gasteiger partial charge in [0.05, 0.1) is 6.20 Å². The molecule has 0 saturated heterocycles. The lowest BCUT2D eigenvalue weighted by Crippen LogP contribution is -2.30. The third-order valence-corrected chi connectivity index (χ3v) is 2.69. The van der Waals surface area contributed by atoms with E-state index in [1.807, 2.05) is 19.1 Å². The number of carbonyl (C=O) groups is 1. The fraction of sp³-hybridized carbons (Fsp3) is 0.250. The number of aromatic nitrogens is 3. The van der Waals surface area contributed by atoms with Crippen molar-refractivity contribution in [2.75, 3.05) is 12.3 Å². The van der Waals surface area contributed by atoms with Crippen molar-refractivity contribution in [1.82, 2.24) is 20.1 Å². The molecule has 0 radical (unpaired) electrons. The van der Waals surface area contributed by atoms with Gasteiger partial charge in [0, 0.05) is 25.5 Å². The highest BCUT2D eigenvalue weighted by Crippen LogP contribution is 2.12. The summed E-state index contributed by atoms with van der Waals surface area (Å²) in [6, 6.07) is 3.77. The average molecular weight is 245 g/mol. The third kappa shape index (κ3) is 2.48. The summed E-state index contributed by atoms with van der Waals surface area (Å²) >= 11 is 0. The standard InChI is InChI=1S/C12H15N5O/c1-2-17(8-9-3-5-14-6-4-9)12(18)10-7-15-16-11(10)13/h3-7H,2,8H2,1H3,(H3,13,15,16). The Bertz CT molecular complexity index is 522. The summed E-state index contributed by atoms with van der Waals surface area (Å²) in [5, 5.41) is 6.32. The van der Waals surface area contributed by atoms with Crippen LogP contribution in [0.4, 0.5) is 5.82 Å². The van der Waals surface area contributed by atoms with Crippen LogP contribution in [0.25, 0.3) is 0 Å². The zero-order valence-corrected chi connectivity index (χ0v) is 10.1. The minimum absolute atomic E-state index is 0.124. The van der Waals surface area contributed by atoms with Crippen molar-refractivity contribution >= 4 is 11.7 Å². The van der Waals surface area contributed by atoms with E-state index < -0.39 is 0 Å². The van der Waals surface area contributed by atoms with Crippen molar-refractivity contribution in [1.29, 1.82) is 0 Å². The van der Waals surface area contributed by atoms with Gasteiger partial charge in [-0.15, -0.1) is 0 Å². The first-order valence-corrected chi connectivity index (χ1v) is 5.69.